The fourth-order valence-corrected chi connectivity index (χ4v) is 3.96. The minimum atomic E-state index is -1.29. The van der Waals surface area contributed by atoms with E-state index in [1.54, 1.807) is 30.3 Å². The summed E-state index contributed by atoms with van der Waals surface area (Å²) < 4.78 is 0.390. The molecule has 1 heterocycles. The van der Waals surface area contributed by atoms with Crippen LogP contribution in [0.25, 0.3) is 6.08 Å². The fourth-order valence-electron chi connectivity index (χ4n) is 2.53. The average Bonchev–Trinajstić information content (AvgIpc) is 2.95. The van der Waals surface area contributed by atoms with Gasteiger partial charge in [0.15, 0.2) is 0 Å². The zero-order valence-corrected chi connectivity index (χ0v) is 17.3. The van der Waals surface area contributed by atoms with Crippen molar-refractivity contribution in [2.45, 2.75) is 6.42 Å². The van der Waals surface area contributed by atoms with Gasteiger partial charge in [0.2, 0.25) is 5.91 Å². The molecule has 29 heavy (non-hydrogen) atoms. The number of carboxylic acid groups (broad SMARTS) is 1. The molecule has 0 unspecified atom stereocenters. The molecule has 1 fully saturated rings. The van der Waals surface area contributed by atoms with Crippen LogP contribution in [0.4, 0.5) is 5.69 Å². The number of anilines is 1. The highest BCUT2D eigenvalue weighted by Crippen LogP contribution is 2.32. The first-order valence-electron chi connectivity index (χ1n) is 8.45. The van der Waals surface area contributed by atoms with E-state index in [0.717, 1.165) is 5.56 Å². The number of hydrogen-bond donors (Lipinski definition) is 1. The van der Waals surface area contributed by atoms with Gasteiger partial charge in [0.1, 0.15) is 4.32 Å². The standard InChI is InChI=1S/C20H15ClN2O4S2/c21-14-5-1-12(2-6-14)11-16-18(25)23(20(28)29-16)10-9-17(24)22-15-7-3-13(4-8-15)19(26)27/h1-8,11H,9-10H2,(H,22,24)(H,26,27)/p-1/b16-11-. The quantitative estimate of drug-likeness (QED) is 0.543. The second-order valence-electron chi connectivity index (χ2n) is 6.05. The summed E-state index contributed by atoms with van der Waals surface area (Å²) in [5.74, 6) is -1.85. The lowest BCUT2D eigenvalue weighted by atomic mass is 10.2. The highest BCUT2D eigenvalue weighted by molar-refractivity contribution is 8.26. The van der Waals surface area contributed by atoms with Crippen molar-refractivity contribution in [3.8, 4) is 0 Å². The average molecular weight is 446 g/mol. The summed E-state index contributed by atoms with van der Waals surface area (Å²) in [5.41, 5.74) is 1.30. The van der Waals surface area contributed by atoms with Crippen LogP contribution >= 0.6 is 35.6 Å². The fraction of sp³-hybridized carbons (Fsp3) is 0.100. The summed E-state index contributed by atoms with van der Waals surface area (Å²) >= 11 is 12.3. The summed E-state index contributed by atoms with van der Waals surface area (Å²) in [7, 11) is 0. The van der Waals surface area contributed by atoms with Crippen LogP contribution in [0.15, 0.2) is 53.4 Å². The maximum absolute atomic E-state index is 12.6. The molecule has 148 valence electrons. The van der Waals surface area contributed by atoms with Crippen LogP contribution in [0.1, 0.15) is 22.3 Å². The number of benzene rings is 2. The summed E-state index contributed by atoms with van der Waals surface area (Å²) in [6, 6.07) is 12.7. The van der Waals surface area contributed by atoms with Gasteiger partial charge in [0, 0.05) is 23.7 Å². The van der Waals surface area contributed by atoms with Crippen molar-refractivity contribution < 1.29 is 19.5 Å². The Hall–Kier alpha value is -2.68. The number of nitrogens with zero attached hydrogens (tertiary/aromatic N) is 1. The molecule has 1 saturated heterocycles. The second-order valence-corrected chi connectivity index (χ2v) is 8.16. The number of aromatic carboxylic acids is 1. The van der Waals surface area contributed by atoms with Gasteiger partial charge in [-0.2, -0.15) is 0 Å². The minimum Gasteiger partial charge on any atom is -0.545 e. The molecule has 9 heteroatoms. The number of hydrogen-bond acceptors (Lipinski definition) is 6. The largest absolute Gasteiger partial charge is 0.545 e. The molecule has 1 aliphatic rings. The number of thioether (sulfide) groups is 1. The molecule has 0 spiro atoms. The van der Waals surface area contributed by atoms with Gasteiger partial charge in [-0.05, 0) is 41.5 Å². The van der Waals surface area contributed by atoms with Crippen molar-refractivity contribution in [1.29, 1.82) is 0 Å². The van der Waals surface area contributed by atoms with Gasteiger partial charge >= 0.3 is 0 Å². The Morgan fingerprint density at radius 2 is 1.79 bits per heavy atom. The number of nitrogens with one attached hydrogen (secondary N) is 1. The minimum absolute atomic E-state index is 0.0213. The number of halogens is 1. The van der Waals surface area contributed by atoms with Gasteiger partial charge < -0.3 is 15.2 Å². The van der Waals surface area contributed by atoms with Gasteiger partial charge in [-0.3, -0.25) is 14.5 Å². The van der Waals surface area contributed by atoms with Crippen molar-refractivity contribution in [2.24, 2.45) is 0 Å². The van der Waals surface area contributed by atoms with E-state index < -0.39 is 5.97 Å². The van der Waals surface area contributed by atoms with Gasteiger partial charge in [0.05, 0.1) is 10.9 Å². The number of thiocarbonyl (C=S) groups is 1. The molecular weight excluding hydrogens is 432 g/mol. The molecule has 2 aromatic carbocycles. The Balaban J connectivity index is 1.57. The van der Waals surface area contributed by atoms with Gasteiger partial charge in [-0.1, -0.05) is 59.8 Å². The highest BCUT2D eigenvalue weighted by Gasteiger charge is 2.32. The molecule has 2 aromatic rings. The third-order valence-electron chi connectivity index (χ3n) is 4.01. The Morgan fingerprint density at radius 1 is 1.14 bits per heavy atom. The number of rotatable bonds is 6. The van der Waals surface area contributed by atoms with E-state index >= 15 is 0 Å². The molecule has 0 aromatic heterocycles. The van der Waals surface area contributed by atoms with Gasteiger partial charge in [-0.25, -0.2) is 0 Å². The van der Waals surface area contributed by atoms with E-state index in [4.69, 9.17) is 23.8 Å². The summed E-state index contributed by atoms with van der Waals surface area (Å²) in [6.07, 6.45) is 1.78. The summed E-state index contributed by atoms with van der Waals surface area (Å²) in [5, 5.41) is 14.0. The smallest absolute Gasteiger partial charge is 0.266 e. The predicted octanol–water partition coefficient (Wildman–Crippen LogP) is 2.93. The lowest BCUT2D eigenvalue weighted by Gasteiger charge is -2.14. The van der Waals surface area contributed by atoms with Gasteiger partial charge in [0.25, 0.3) is 5.91 Å². The van der Waals surface area contributed by atoms with Crippen LogP contribution in [0.2, 0.25) is 5.02 Å². The molecule has 0 saturated carbocycles. The van der Waals surface area contributed by atoms with Crippen LogP contribution in [0, 0.1) is 0 Å². The van der Waals surface area contributed by atoms with E-state index in [1.165, 1.54) is 40.9 Å². The molecule has 0 radical (unpaired) electrons. The zero-order valence-electron chi connectivity index (χ0n) is 14.9. The van der Waals surface area contributed by atoms with E-state index in [-0.39, 0.29) is 30.3 Å². The molecule has 1 N–H and O–H groups in total. The summed E-state index contributed by atoms with van der Waals surface area (Å²) in [4.78, 5) is 37.4. The maximum atomic E-state index is 12.6. The van der Waals surface area contributed by atoms with Gasteiger partial charge in [-0.15, -0.1) is 0 Å². The molecule has 0 bridgehead atoms. The molecule has 0 aliphatic carbocycles. The highest BCUT2D eigenvalue weighted by atomic mass is 35.5. The predicted molar refractivity (Wildman–Crippen MR) is 115 cm³/mol. The van der Waals surface area contributed by atoms with Crippen molar-refractivity contribution >= 4 is 69.4 Å². The maximum Gasteiger partial charge on any atom is 0.266 e. The molecule has 1 aliphatic heterocycles. The molecule has 0 atom stereocenters. The van der Waals surface area contributed by atoms with E-state index in [0.29, 0.717) is 19.9 Å². The topological polar surface area (TPSA) is 89.5 Å². The van der Waals surface area contributed by atoms with Crippen molar-refractivity contribution in [3.63, 3.8) is 0 Å². The van der Waals surface area contributed by atoms with Crippen molar-refractivity contribution in [3.05, 3.63) is 69.6 Å². The van der Waals surface area contributed by atoms with Crippen molar-refractivity contribution in [1.82, 2.24) is 4.90 Å². The Kier molecular flexibility index (Phi) is 6.68. The monoisotopic (exact) mass is 445 g/mol. The van der Waals surface area contributed by atoms with Crippen LogP contribution < -0.4 is 10.4 Å². The first kappa shape index (κ1) is 21.0. The van der Waals surface area contributed by atoms with Crippen LogP contribution in [-0.4, -0.2) is 33.5 Å². The zero-order chi connectivity index (χ0) is 21.0. The number of carbonyl (C=O) groups excluding carboxylic acids is 3. The molecule has 6 nitrogen and oxygen atoms in total. The first-order chi connectivity index (χ1) is 13.8. The van der Waals surface area contributed by atoms with Crippen LogP contribution in [0.5, 0.6) is 0 Å². The van der Waals surface area contributed by atoms with E-state index in [1.807, 2.05) is 0 Å². The molecule has 3 rings (SSSR count). The molecular formula is C20H14ClN2O4S2-. The number of carboxylic acids is 1. The Bertz CT molecular complexity index is 1000. The molecule has 2 amide bonds. The van der Waals surface area contributed by atoms with Crippen LogP contribution in [-0.2, 0) is 9.59 Å². The Morgan fingerprint density at radius 3 is 2.41 bits per heavy atom. The SMILES string of the molecule is O=C(CCN1C(=O)/C(=C/c2ccc(Cl)cc2)SC1=S)Nc1ccc(C(=O)[O-])cc1. The van der Waals surface area contributed by atoms with E-state index in [9.17, 15) is 19.5 Å². The van der Waals surface area contributed by atoms with Crippen molar-refractivity contribution in [2.75, 3.05) is 11.9 Å². The van der Waals surface area contributed by atoms with Crippen LogP contribution in [0.3, 0.4) is 0 Å². The number of amides is 2. The third kappa shape index (κ3) is 5.44. The van der Waals surface area contributed by atoms with E-state index in [2.05, 4.69) is 5.32 Å². The number of carbonyl (C=O) groups is 3. The summed E-state index contributed by atoms with van der Waals surface area (Å²) in [6.45, 7) is 0.144. The second kappa shape index (κ2) is 9.21. The lowest BCUT2D eigenvalue weighted by Crippen LogP contribution is -2.31. The first-order valence-corrected chi connectivity index (χ1v) is 10.1. The third-order valence-corrected chi connectivity index (χ3v) is 5.64. The normalized spacial score (nSPS) is 15.1. The lowest BCUT2D eigenvalue weighted by molar-refractivity contribution is -0.255. The Labute approximate surface area is 181 Å².